The van der Waals surface area contributed by atoms with E-state index in [0.29, 0.717) is 36.5 Å². The number of alkyl halides is 3. The van der Waals surface area contributed by atoms with Gasteiger partial charge in [-0.05, 0) is 30.2 Å². The van der Waals surface area contributed by atoms with Crippen molar-refractivity contribution in [1.29, 1.82) is 5.26 Å². The molecule has 1 saturated heterocycles. The van der Waals surface area contributed by atoms with Crippen LogP contribution in [0.5, 0.6) is 0 Å². The fourth-order valence-electron chi connectivity index (χ4n) is 4.62. The van der Waals surface area contributed by atoms with Crippen LogP contribution in [0.1, 0.15) is 39.0 Å². The molecule has 1 fully saturated rings. The smallest absolute Gasteiger partial charge is 0.429 e. The fraction of sp³-hybridized carbons (Fsp3) is 0.387. The Kier molecular flexibility index (Phi) is 10.1. The molecule has 4 nitrogen and oxygen atoms in total. The first-order chi connectivity index (χ1) is 20.0. The second-order valence-electron chi connectivity index (χ2n) is 10.2. The van der Waals surface area contributed by atoms with Gasteiger partial charge >= 0.3 is 6.11 Å². The van der Waals surface area contributed by atoms with Gasteiger partial charge in [0.1, 0.15) is 40.8 Å². The molecule has 0 bridgehead atoms. The minimum Gasteiger partial charge on any atom is -0.429 e. The van der Waals surface area contributed by atoms with Crippen molar-refractivity contribution < 1.29 is 44.9 Å². The summed E-state index contributed by atoms with van der Waals surface area (Å²) in [5.41, 5.74) is -1.14. The Hall–Kier alpha value is -3.62. The van der Waals surface area contributed by atoms with Gasteiger partial charge in [-0.15, -0.1) is 0 Å². The largest absolute Gasteiger partial charge is 0.432 e. The molecule has 0 aromatic carbocycles. The van der Waals surface area contributed by atoms with Gasteiger partial charge in [0, 0.05) is 42.4 Å². The molecule has 0 aromatic heterocycles. The van der Waals surface area contributed by atoms with Crippen molar-refractivity contribution in [2.24, 2.45) is 5.92 Å². The Bertz CT molecular complexity index is 1400. The van der Waals surface area contributed by atoms with Crippen LogP contribution in [-0.2, 0) is 14.2 Å². The molecule has 1 unspecified atom stereocenters. The van der Waals surface area contributed by atoms with E-state index >= 15 is 13.2 Å². The molecule has 0 saturated carbocycles. The van der Waals surface area contributed by atoms with E-state index in [1.54, 1.807) is 24.3 Å². The maximum Gasteiger partial charge on any atom is 0.432 e. The number of halogens is 7. The van der Waals surface area contributed by atoms with Gasteiger partial charge in [-0.1, -0.05) is 36.8 Å². The van der Waals surface area contributed by atoms with Crippen LogP contribution in [0.4, 0.5) is 30.7 Å². The lowest BCUT2D eigenvalue weighted by atomic mass is 9.96. The lowest BCUT2D eigenvalue weighted by molar-refractivity contribution is -0.180. The summed E-state index contributed by atoms with van der Waals surface area (Å²) >= 11 is 0. The number of ether oxygens (including phenoxy) is 3. The van der Waals surface area contributed by atoms with Crippen molar-refractivity contribution in [3.63, 3.8) is 0 Å². The zero-order chi connectivity index (χ0) is 30.4. The Balaban J connectivity index is 1.51. The first kappa shape index (κ1) is 31.3. The van der Waals surface area contributed by atoms with Crippen molar-refractivity contribution in [3.05, 3.63) is 106 Å². The predicted octanol–water partition coefficient (Wildman–Crippen LogP) is 8.83. The molecule has 1 aliphatic heterocycles. The molecule has 42 heavy (non-hydrogen) atoms. The number of nitriles is 1. The highest BCUT2D eigenvalue weighted by molar-refractivity contribution is 5.44. The summed E-state index contributed by atoms with van der Waals surface area (Å²) < 4.78 is 119. The second kappa shape index (κ2) is 13.6. The van der Waals surface area contributed by atoms with Crippen LogP contribution in [0.2, 0.25) is 0 Å². The summed E-state index contributed by atoms with van der Waals surface area (Å²) in [4.78, 5) is 0. The van der Waals surface area contributed by atoms with Gasteiger partial charge in [0.05, 0.1) is 25.7 Å². The lowest BCUT2D eigenvalue weighted by Gasteiger charge is -2.28. The predicted molar refractivity (Wildman–Crippen MR) is 141 cm³/mol. The van der Waals surface area contributed by atoms with Gasteiger partial charge in [-0.2, -0.15) is 14.0 Å². The van der Waals surface area contributed by atoms with Crippen molar-refractivity contribution in [1.82, 2.24) is 0 Å². The molecule has 0 N–H and O–H groups in total. The number of rotatable bonds is 7. The molecule has 0 amide bonds. The summed E-state index contributed by atoms with van der Waals surface area (Å²) in [7, 11) is 0. The molecule has 3 aliphatic carbocycles. The monoisotopic (exact) mass is 595 g/mol. The van der Waals surface area contributed by atoms with E-state index < -0.39 is 78.0 Å². The Morgan fingerprint density at radius 2 is 1.71 bits per heavy atom. The van der Waals surface area contributed by atoms with E-state index in [1.165, 1.54) is 12.2 Å². The second-order valence-corrected chi connectivity index (χ2v) is 10.2. The molecule has 1 heterocycles. The highest BCUT2D eigenvalue weighted by Gasteiger charge is 2.44. The lowest BCUT2D eigenvalue weighted by Crippen LogP contribution is -2.31. The first-order valence-corrected chi connectivity index (χ1v) is 13.3. The minimum absolute atomic E-state index is 0.0619. The first-order valence-electron chi connectivity index (χ1n) is 13.3. The van der Waals surface area contributed by atoms with Crippen LogP contribution in [0.25, 0.3) is 0 Å². The standard InChI is InChI=1S/C31H28F7NO3/c1-18-16-40-30(41-17-18)21-4-2-19(13-22(32)6-5-21)12-20-3-8-26(34)29(28(36)14-20)31(37,38)42-23-7-9-25(33)24(10-11-39)27(35)15-23/h2-7,14-15,18,22,30H,8-10,12-13,16-17H2,1H3/b6-5?,19-2-,21-4+. The number of hydrogen-bond acceptors (Lipinski definition) is 4. The molecule has 0 spiro atoms. The average Bonchev–Trinajstić information content (AvgIpc) is 3.14. The van der Waals surface area contributed by atoms with Gasteiger partial charge in [0.15, 0.2) is 6.29 Å². The van der Waals surface area contributed by atoms with E-state index in [4.69, 9.17) is 14.7 Å². The van der Waals surface area contributed by atoms with Crippen molar-refractivity contribution >= 4 is 0 Å². The minimum atomic E-state index is -4.60. The summed E-state index contributed by atoms with van der Waals surface area (Å²) in [6.07, 6.45) is 0.486. The summed E-state index contributed by atoms with van der Waals surface area (Å²) in [6.45, 7) is 2.90. The van der Waals surface area contributed by atoms with Crippen LogP contribution >= 0.6 is 0 Å². The third-order valence-electron chi connectivity index (χ3n) is 6.76. The van der Waals surface area contributed by atoms with E-state index in [2.05, 4.69) is 4.74 Å². The molecule has 11 heteroatoms. The number of hydrogen-bond donors (Lipinski definition) is 0. The molecule has 224 valence electrons. The Labute approximate surface area is 238 Å². The SMILES string of the molecule is CC1COC(/C2=C/C=C(/CC3=CCC(F)=C(C(F)(F)OC4=CCC(F)=C(CC#N)C(F)=C4)C(F)=C3)CC(F)C=C2)OC1. The van der Waals surface area contributed by atoms with Gasteiger partial charge in [0.25, 0.3) is 0 Å². The summed E-state index contributed by atoms with van der Waals surface area (Å²) in [5.74, 6) is -6.19. The zero-order valence-corrected chi connectivity index (χ0v) is 22.6. The fourth-order valence-corrected chi connectivity index (χ4v) is 4.62. The van der Waals surface area contributed by atoms with Crippen molar-refractivity contribution in [3.8, 4) is 6.07 Å². The van der Waals surface area contributed by atoms with E-state index in [0.717, 1.165) is 6.08 Å². The quantitative estimate of drug-likeness (QED) is 0.276. The molecular formula is C31H28F7NO3. The van der Waals surface area contributed by atoms with Crippen LogP contribution in [-0.4, -0.2) is 31.8 Å². The average molecular weight is 596 g/mol. The highest BCUT2D eigenvalue weighted by Crippen LogP contribution is 2.41. The van der Waals surface area contributed by atoms with Crippen molar-refractivity contribution in [2.75, 3.05) is 13.2 Å². The molecule has 4 rings (SSSR count). The van der Waals surface area contributed by atoms with Crippen molar-refractivity contribution in [2.45, 2.75) is 57.6 Å². The Morgan fingerprint density at radius 3 is 2.43 bits per heavy atom. The van der Waals surface area contributed by atoms with E-state index in [-0.39, 0.29) is 24.3 Å². The summed E-state index contributed by atoms with van der Waals surface area (Å²) in [6, 6.07) is 1.57. The summed E-state index contributed by atoms with van der Waals surface area (Å²) in [5, 5.41) is 8.74. The number of allylic oxidation sites excluding steroid dienone is 13. The molecule has 1 atom stereocenters. The highest BCUT2D eigenvalue weighted by atomic mass is 19.3. The number of nitrogens with zero attached hydrogens (tertiary/aromatic N) is 1. The van der Waals surface area contributed by atoms with E-state index in [1.807, 2.05) is 6.92 Å². The third kappa shape index (κ3) is 7.81. The molecule has 4 aliphatic rings. The van der Waals surface area contributed by atoms with Gasteiger partial charge in [-0.3, -0.25) is 0 Å². The van der Waals surface area contributed by atoms with Crippen LogP contribution in [0.3, 0.4) is 0 Å². The molecular weight excluding hydrogens is 567 g/mol. The van der Waals surface area contributed by atoms with E-state index in [9.17, 15) is 17.6 Å². The van der Waals surface area contributed by atoms with Gasteiger partial charge in [0.2, 0.25) is 0 Å². The van der Waals surface area contributed by atoms with Gasteiger partial charge in [-0.25, -0.2) is 22.0 Å². The van der Waals surface area contributed by atoms with Crippen LogP contribution < -0.4 is 0 Å². The maximum absolute atomic E-state index is 15.2. The van der Waals surface area contributed by atoms with Crippen LogP contribution in [0.15, 0.2) is 106 Å². The molecule has 0 radical (unpaired) electrons. The molecule has 0 aromatic rings. The maximum atomic E-state index is 15.2. The Morgan fingerprint density at radius 1 is 1.00 bits per heavy atom. The normalized spacial score (nSPS) is 28.4. The van der Waals surface area contributed by atoms with Crippen LogP contribution in [0, 0.1) is 17.2 Å². The van der Waals surface area contributed by atoms with Gasteiger partial charge < -0.3 is 14.2 Å². The third-order valence-corrected chi connectivity index (χ3v) is 6.76. The zero-order valence-electron chi connectivity index (χ0n) is 22.6. The topological polar surface area (TPSA) is 51.5 Å².